The Balaban J connectivity index is 2.91. The summed E-state index contributed by atoms with van der Waals surface area (Å²) in [5.74, 6) is -1.40. The van der Waals surface area contributed by atoms with Gasteiger partial charge in [0.25, 0.3) is 10.1 Å². The first-order valence-corrected chi connectivity index (χ1v) is 7.71. The molecule has 0 aliphatic rings. The normalized spacial score (nSPS) is 12.6. The van der Waals surface area contributed by atoms with Gasteiger partial charge in [-0.3, -0.25) is 4.55 Å². The van der Waals surface area contributed by atoms with E-state index in [4.69, 9.17) is 4.55 Å². The average molecular weight is 264 g/mol. The van der Waals surface area contributed by atoms with E-state index in [9.17, 15) is 16.8 Å². The molecule has 1 N–H and O–H groups in total. The molecule has 0 fully saturated rings. The highest BCUT2D eigenvalue weighted by molar-refractivity contribution is 7.93. The fraction of sp³-hybridized carbons (Fsp3) is 0.333. The molecular formula is C9H12O5S2. The zero-order chi connectivity index (χ0) is 12.4. The van der Waals surface area contributed by atoms with E-state index in [1.54, 1.807) is 12.1 Å². The second-order valence-corrected chi connectivity index (χ2v) is 7.10. The van der Waals surface area contributed by atoms with Crippen LogP contribution in [-0.4, -0.2) is 32.9 Å². The molecule has 0 saturated carbocycles. The van der Waals surface area contributed by atoms with Gasteiger partial charge in [-0.05, 0) is 19.1 Å². The zero-order valence-corrected chi connectivity index (χ0v) is 10.3. The van der Waals surface area contributed by atoms with Crippen LogP contribution in [0.25, 0.3) is 0 Å². The van der Waals surface area contributed by atoms with Gasteiger partial charge in [0, 0.05) is 0 Å². The molecule has 0 aromatic heterocycles. The summed E-state index contributed by atoms with van der Waals surface area (Å²) < 4.78 is 52.6. The Morgan fingerprint density at radius 3 is 1.94 bits per heavy atom. The van der Waals surface area contributed by atoms with Gasteiger partial charge in [0.2, 0.25) is 0 Å². The number of aryl methyl sites for hydroxylation is 1. The van der Waals surface area contributed by atoms with Gasteiger partial charge < -0.3 is 0 Å². The molecule has 1 aromatic carbocycles. The zero-order valence-electron chi connectivity index (χ0n) is 8.62. The van der Waals surface area contributed by atoms with E-state index in [1.807, 2.05) is 6.92 Å². The first kappa shape index (κ1) is 13.1. The summed E-state index contributed by atoms with van der Waals surface area (Å²) in [5.41, 5.74) is 0.911. The minimum atomic E-state index is -4.25. The predicted molar refractivity (Wildman–Crippen MR) is 59.6 cm³/mol. The monoisotopic (exact) mass is 264 g/mol. The van der Waals surface area contributed by atoms with Crippen molar-refractivity contribution in [3.05, 3.63) is 29.8 Å². The van der Waals surface area contributed by atoms with Crippen LogP contribution >= 0.6 is 0 Å². The molecule has 7 heteroatoms. The van der Waals surface area contributed by atoms with E-state index in [2.05, 4.69) is 0 Å². The summed E-state index contributed by atoms with van der Waals surface area (Å²) in [6.07, 6.45) is 0. The lowest BCUT2D eigenvalue weighted by Gasteiger charge is -2.03. The minimum Gasteiger partial charge on any atom is -0.286 e. The molecule has 90 valence electrons. The van der Waals surface area contributed by atoms with Crippen molar-refractivity contribution in [2.45, 2.75) is 11.8 Å². The van der Waals surface area contributed by atoms with Crippen LogP contribution in [0.2, 0.25) is 0 Å². The van der Waals surface area contributed by atoms with Crippen molar-refractivity contribution in [2.75, 3.05) is 11.5 Å². The first-order valence-electron chi connectivity index (χ1n) is 4.45. The van der Waals surface area contributed by atoms with Crippen LogP contribution in [-0.2, 0) is 20.0 Å². The highest BCUT2D eigenvalue weighted by Gasteiger charge is 2.17. The van der Waals surface area contributed by atoms with Crippen molar-refractivity contribution in [1.82, 2.24) is 0 Å². The van der Waals surface area contributed by atoms with Crippen molar-refractivity contribution < 1.29 is 21.4 Å². The molecule has 0 spiro atoms. The lowest BCUT2D eigenvalue weighted by Crippen LogP contribution is -2.16. The van der Waals surface area contributed by atoms with E-state index in [0.717, 1.165) is 5.56 Å². The molecule has 0 unspecified atom stereocenters. The molecule has 0 radical (unpaired) electrons. The molecule has 0 amide bonds. The van der Waals surface area contributed by atoms with Gasteiger partial charge >= 0.3 is 0 Å². The smallest absolute Gasteiger partial charge is 0.265 e. The van der Waals surface area contributed by atoms with Gasteiger partial charge in [-0.1, -0.05) is 17.7 Å². The molecule has 5 nitrogen and oxygen atoms in total. The Morgan fingerprint density at radius 1 is 1.00 bits per heavy atom. The number of rotatable bonds is 4. The highest BCUT2D eigenvalue weighted by atomic mass is 32.2. The Bertz CT molecular complexity index is 554. The van der Waals surface area contributed by atoms with Crippen molar-refractivity contribution in [3.8, 4) is 0 Å². The summed E-state index contributed by atoms with van der Waals surface area (Å²) in [6, 6.07) is 6.07. The Labute approximate surface area is 94.8 Å². The van der Waals surface area contributed by atoms with Gasteiger partial charge in [0.05, 0.1) is 16.4 Å². The van der Waals surface area contributed by atoms with E-state index in [0.29, 0.717) is 0 Å². The van der Waals surface area contributed by atoms with Gasteiger partial charge in [0.15, 0.2) is 9.84 Å². The van der Waals surface area contributed by atoms with Crippen LogP contribution in [0.1, 0.15) is 5.56 Å². The second-order valence-electron chi connectivity index (χ2n) is 3.42. The predicted octanol–water partition coefficient (Wildman–Crippen LogP) is 0.657. The molecular weight excluding hydrogens is 252 g/mol. The first-order chi connectivity index (χ1) is 7.21. The van der Waals surface area contributed by atoms with Crippen molar-refractivity contribution in [1.29, 1.82) is 0 Å². The van der Waals surface area contributed by atoms with Crippen LogP contribution < -0.4 is 0 Å². The van der Waals surface area contributed by atoms with Crippen LogP contribution in [0.3, 0.4) is 0 Å². The van der Waals surface area contributed by atoms with Crippen molar-refractivity contribution >= 4 is 20.0 Å². The summed E-state index contributed by atoms with van der Waals surface area (Å²) in [4.78, 5) is 0.0572. The molecule has 0 aliphatic carbocycles. The van der Waals surface area contributed by atoms with E-state index in [1.165, 1.54) is 12.1 Å². The number of benzene rings is 1. The third-order valence-corrected chi connectivity index (χ3v) is 4.70. The summed E-state index contributed by atoms with van der Waals surface area (Å²) in [5, 5.41) is 0. The molecule has 0 saturated heterocycles. The largest absolute Gasteiger partial charge is 0.286 e. The summed E-state index contributed by atoms with van der Waals surface area (Å²) >= 11 is 0. The summed E-state index contributed by atoms with van der Waals surface area (Å²) in [7, 11) is -7.90. The maximum absolute atomic E-state index is 11.6. The number of sulfone groups is 1. The van der Waals surface area contributed by atoms with Crippen LogP contribution in [0.15, 0.2) is 29.2 Å². The average Bonchev–Trinajstić information content (AvgIpc) is 2.15. The van der Waals surface area contributed by atoms with Gasteiger partial charge in [0.1, 0.15) is 0 Å². The lowest BCUT2D eigenvalue weighted by molar-refractivity contribution is 0.484. The molecule has 1 rings (SSSR count). The Hall–Kier alpha value is -0.920. The third kappa shape index (κ3) is 3.92. The quantitative estimate of drug-likeness (QED) is 0.807. The molecule has 0 heterocycles. The van der Waals surface area contributed by atoms with E-state index in [-0.39, 0.29) is 4.90 Å². The molecule has 0 aliphatic heterocycles. The maximum atomic E-state index is 11.6. The molecule has 0 atom stereocenters. The lowest BCUT2D eigenvalue weighted by atomic mass is 10.2. The number of hydrogen-bond donors (Lipinski definition) is 1. The topological polar surface area (TPSA) is 88.5 Å². The van der Waals surface area contributed by atoms with E-state index < -0.39 is 31.5 Å². The molecule has 1 aromatic rings. The van der Waals surface area contributed by atoms with Gasteiger partial charge in [-0.25, -0.2) is 8.42 Å². The second kappa shape index (κ2) is 4.52. The van der Waals surface area contributed by atoms with Gasteiger partial charge in [-0.2, -0.15) is 8.42 Å². The maximum Gasteiger partial charge on any atom is 0.265 e. The highest BCUT2D eigenvalue weighted by Crippen LogP contribution is 2.12. The third-order valence-electron chi connectivity index (χ3n) is 1.99. The molecule has 0 bridgehead atoms. The Kier molecular flexibility index (Phi) is 3.72. The van der Waals surface area contributed by atoms with Crippen LogP contribution in [0.5, 0.6) is 0 Å². The van der Waals surface area contributed by atoms with E-state index >= 15 is 0 Å². The fourth-order valence-corrected chi connectivity index (χ4v) is 3.59. The standard InChI is InChI=1S/C9H12O5S2/c1-8-2-4-9(5-3-8)15(10,11)6-7-16(12,13)14/h2-5H,6-7H2,1H3,(H,12,13,14). The minimum absolute atomic E-state index is 0.0572. The Morgan fingerprint density at radius 2 is 1.50 bits per heavy atom. The van der Waals surface area contributed by atoms with Crippen molar-refractivity contribution in [2.24, 2.45) is 0 Å². The van der Waals surface area contributed by atoms with Crippen molar-refractivity contribution in [3.63, 3.8) is 0 Å². The van der Waals surface area contributed by atoms with Crippen LogP contribution in [0, 0.1) is 6.92 Å². The van der Waals surface area contributed by atoms with Crippen LogP contribution in [0.4, 0.5) is 0 Å². The number of hydrogen-bond acceptors (Lipinski definition) is 4. The fourth-order valence-electron chi connectivity index (χ4n) is 1.08. The van der Waals surface area contributed by atoms with Gasteiger partial charge in [-0.15, -0.1) is 0 Å². The molecule has 16 heavy (non-hydrogen) atoms. The summed E-state index contributed by atoms with van der Waals surface area (Å²) in [6.45, 7) is 1.81. The SMILES string of the molecule is Cc1ccc(S(=O)(=O)CCS(=O)(=O)O)cc1.